The van der Waals surface area contributed by atoms with Gasteiger partial charge in [0.15, 0.2) is 0 Å². The summed E-state index contributed by atoms with van der Waals surface area (Å²) in [6, 6.07) is 5.54. The summed E-state index contributed by atoms with van der Waals surface area (Å²) in [6.07, 6.45) is 3.00. The van der Waals surface area contributed by atoms with Crippen molar-refractivity contribution in [3.05, 3.63) is 59.5 Å². The number of halogens is 3. The molecule has 0 saturated carbocycles. The van der Waals surface area contributed by atoms with Crippen molar-refractivity contribution in [3.63, 3.8) is 0 Å². The Morgan fingerprint density at radius 1 is 1.12 bits per heavy atom. The first-order valence-corrected chi connectivity index (χ1v) is 11.2. The van der Waals surface area contributed by atoms with Gasteiger partial charge in [-0.2, -0.15) is 13.2 Å². The molecule has 0 aliphatic heterocycles. The van der Waals surface area contributed by atoms with Gasteiger partial charge in [0, 0.05) is 42.7 Å². The number of pyridine rings is 1. The average molecular weight is 489 g/mol. The van der Waals surface area contributed by atoms with Crippen molar-refractivity contribution in [2.24, 2.45) is 0 Å². The summed E-state index contributed by atoms with van der Waals surface area (Å²) in [5.41, 5.74) is 3.15. The molecule has 2 N–H and O–H groups in total. The van der Waals surface area contributed by atoms with Crippen molar-refractivity contribution >= 4 is 34.9 Å². The molecule has 2 aromatic heterocycles. The van der Waals surface area contributed by atoms with Gasteiger partial charge in [0.2, 0.25) is 5.95 Å². The lowest BCUT2D eigenvalue weighted by molar-refractivity contribution is -0.137. The van der Waals surface area contributed by atoms with E-state index in [0.29, 0.717) is 34.9 Å². The summed E-state index contributed by atoms with van der Waals surface area (Å²) in [5, 5.41) is 7.55. The van der Waals surface area contributed by atoms with Gasteiger partial charge < -0.3 is 15.5 Å². The Labute approximate surface area is 202 Å². The number of hydrogen-bond acceptors (Lipinski definition) is 7. The number of thiocarbonyl (C=S) groups is 1. The summed E-state index contributed by atoms with van der Waals surface area (Å²) >= 11 is 5.01. The van der Waals surface area contributed by atoms with Gasteiger partial charge in [0.05, 0.1) is 23.1 Å². The first-order valence-electron chi connectivity index (χ1n) is 10.8. The number of nitrogens with one attached hydrogen (secondary N) is 2. The van der Waals surface area contributed by atoms with Crippen LogP contribution in [0, 0.1) is 0 Å². The van der Waals surface area contributed by atoms with Crippen LogP contribution in [0.2, 0.25) is 0 Å². The van der Waals surface area contributed by atoms with Crippen LogP contribution in [0.25, 0.3) is 11.3 Å². The fraction of sp³-hybridized carbons (Fsp3) is 0.333. The molecule has 0 fully saturated rings. The van der Waals surface area contributed by atoms with Crippen LogP contribution in [0.1, 0.15) is 23.1 Å². The number of hydrogen-bond donors (Lipinski definition) is 2. The lowest BCUT2D eigenvalue weighted by Gasteiger charge is -2.16. The number of anilines is 3. The second kappa shape index (κ2) is 11.3. The van der Waals surface area contributed by atoms with Crippen molar-refractivity contribution in [3.8, 4) is 11.3 Å². The van der Waals surface area contributed by atoms with E-state index in [-0.39, 0.29) is 0 Å². The fourth-order valence-corrected chi connectivity index (χ4v) is 3.67. The third-order valence-corrected chi connectivity index (χ3v) is 5.33. The second-order valence-corrected chi connectivity index (χ2v) is 8.39. The quantitative estimate of drug-likeness (QED) is 0.372. The Morgan fingerprint density at radius 2 is 1.91 bits per heavy atom. The highest BCUT2D eigenvalue weighted by atomic mass is 32.1. The molecule has 6 nitrogen and oxygen atoms in total. The van der Waals surface area contributed by atoms with Crippen LogP contribution < -0.4 is 10.6 Å². The van der Waals surface area contributed by atoms with Gasteiger partial charge in [0.25, 0.3) is 0 Å². The number of rotatable bonds is 10. The van der Waals surface area contributed by atoms with Crippen molar-refractivity contribution in [2.75, 3.05) is 38.3 Å². The molecular weight excluding hydrogens is 461 g/mol. The summed E-state index contributed by atoms with van der Waals surface area (Å²) in [5.74, 6) is 0.317. The maximum atomic E-state index is 13.2. The zero-order chi connectivity index (χ0) is 24.7. The van der Waals surface area contributed by atoms with Gasteiger partial charge in [-0.1, -0.05) is 18.3 Å². The minimum absolute atomic E-state index is 0.314. The standard InChI is InChI=1S/C24H27F3N6S/c1-28-21-12-18(24(25,26)27)6-7-20(21)22-17(8-10-34)14-30-23(32-22)31-19-11-16(13-29-15-19)5-4-9-33(2)3/h6-7,10-15,28H,4-5,8-9H2,1-3H3,(H,30,31,32). The molecule has 1 aromatic carbocycles. The van der Waals surface area contributed by atoms with E-state index in [2.05, 4.69) is 30.5 Å². The van der Waals surface area contributed by atoms with E-state index in [9.17, 15) is 13.2 Å². The minimum Gasteiger partial charge on any atom is -0.388 e. The van der Waals surface area contributed by atoms with Crippen molar-refractivity contribution in [1.29, 1.82) is 0 Å². The zero-order valence-corrected chi connectivity index (χ0v) is 20.1. The van der Waals surface area contributed by atoms with E-state index >= 15 is 0 Å². The van der Waals surface area contributed by atoms with Gasteiger partial charge in [-0.25, -0.2) is 9.97 Å². The SMILES string of the molecule is CNc1cc(C(F)(F)F)ccc1-c1nc(Nc2cncc(CCCN(C)C)c2)ncc1CC=S. The molecule has 0 radical (unpaired) electrons. The van der Waals surface area contributed by atoms with Crippen LogP contribution in [0.4, 0.5) is 30.5 Å². The van der Waals surface area contributed by atoms with Crippen LogP contribution >= 0.6 is 12.2 Å². The zero-order valence-electron chi connectivity index (χ0n) is 19.3. The minimum atomic E-state index is -4.44. The highest BCUT2D eigenvalue weighted by molar-refractivity contribution is 7.79. The molecule has 0 bridgehead atoms. The number of aryl methyl sites for hydroxylation is 1. The van der Waals surface area contributed by atoms with Gasteiger partial charge in [-0.15, -0.1) is 0 Å². The van der Waals surface area contributed by atoms with Crippen LogP contribution in [0.5, 0.6) is 0 Å². The van der Waals surface area contributed by atoms with Gasteiger partial charge in [0.1, 0.15) is 0 Å². The summed E-state index contributed by atoms with van der Waals surface area (Å²) < 4.78 is 39.6. The van der Waals surface area contributed by atoms with Crippen LogP contribution in [0.15, 0.2) is 42.9 Å². The molecule has 0 atom stereocenters. The maximum Gasteiger partial charge on any atom is 0.416 e. The molecule has 0 spiro atoms. The van der Waals surface area contributed by atoms with E-state index in [1.54, 1.807) is 24.8 Å². The Bertz CT molecular complexity index is 1130. The average Bonchev–Trinajstić information content (AvgIpc) is 2.79. The Balaban J connectivity index is 1.93. The molecule has 0 aliphatic rings. The van der Waals surface area contributed by atoms with Crippen molar-refractivity contribution in [1.82, 2.24) is 19.9 Å². The van der Waals surface area contributed by atoms with E-state index < -0.39 is 11.7 Å². The Morgan fingerprint density at radius 3 is 2.59 bits per heavy atom. The summed E-state index contributed by atoms with van der Waals surface area (Å²) in [4.78, 5) is 15.4. The number of alkyl halides is 3. The number of benzene rings is 1. The maximum absolute atomic E-state index is 13.2. The second-order valence-electron chi connectivity index (χ2n) is 8.06. The third-order valence-electron chi connectivity index (χ3n) is 5.16. The smallest absolute Gasteiger partial charge is 0.388 e. The predicted molar refractivity (Wildman–Crippen MR) is 134 cm³/mol. The number of aromatic nitrogens is 3. The topological polar surface area (TPSA) is 66.0 Å². The van der Waals surface area contributed by atoms with Crippen LogP contribution in [-0.4, -0.2) is 52.9 Å². The van der Waals surface area contributed by atoms with E-state index in [0.717, 1.165) is 42.8 Å². The normalized spacial score (nSPS) is 11.5. The van der Waals surface area contributed by atoms with Gasteiger partial charge >= 0.3 is 6.18 Å². The lowest BCUT2D eigenvalue weighted by atomic mass is 10.0. The predicted octanol–water partition coefficient (Wildman–Crippen LogP) is 5.38. The number of nitrogens with zero attached hydrogens (tertiary/aromatic N) is 4. The molecule has 3 aromatic rings. The van der Waals surface area contributed by atoms with Gasteiger partial charge in [-0.3, -0.25) is 4.98 Å². The highest BCUT2D eigenvalue weighted by Crippen LogP contribution is 2.36. The van der Waals surface area contributed by atoms with Crippen molar-refractivity contribution in [2.45, 2.75) is 25.4 Å². The monoisotopic (exact) mass is 488 g/mol. The molecule has 3 rings (SSSR count). The highest BCUT2D eigenvalue weighted by Gasteiger charge is 2.31. The van der Waals surface area contributed by atoms with Crippen LogP contribution in [-0.2, 0) is 19.0 Å². The third kappa shape index (κ3) is 6.71. The molecule has 0 amide bonds. The summed E-state index contributed by atoms with van der Waals surface area (Å²) in [7, 11) is 5.65. The largest absolute Gasteiger partial charge is 0.416 e. The lowest BCUT2D eigenvalue weighted by Crippen LogP contribution is -2.13. The van der Waals surface area contributed by atoms with E-state index in [1.165, 1.54) is 6.07 Å². The molecule has 34 heavy (non-hydrogen) atoms. The van der Waals surface area contributed by atoms with E-state index in [1.807, 2.05) is 26.4 Å². The molecule has 0 unspecified atom stereocenters. The molecule has 0 aliphatic carbocycles. The van der Waals surface area contributed by atoms with Crippen LogP contribution in [0.3, 0.4) is 0 Å². The first kappa shape index (κ1) is 25.5. The molecule has 10 heteroatoms. The summed E-state index contributed by atoms with van der Waals surface area (Å²) in [6.45, 7) is 0.979. The molecule has 2 heterocycles. The fourth-order valence-electron chi connectivity index (χ4n) is 3.49. The van der Waals surface area contributed by atoms with Crippen molar-refractivity contribution < 1.29 is 13.2 Å². The molecule has 0 saturated heterocycles. The Hall–Kier alpha value is -3.11. The molecular formula is C24H27F3N6S. The van der Waals surface area contributed by atoms with E-state index in [4.69, 9.17) is 12.2 Å². The van der Waals surface area contributed by atoms with Gasteiger partial charge in [-0.05, 0) is 62.6 Å². The Kier molecular flexibility index (Phi) is 8.51. The first-order chi connectivity index (χ1) is 16.2. The molecule has 180 valence electrons.